The van der Waals surface area contributed by atoms with Gasteiger partial charge < -0.3 is 14.2 Å². The Morgan fingerprint density at radius 1 is 1.33 bits per heavy atom. The quantitative estimate of drug-likeness (QED) is 0.690. The summed E-state index contributed by atoms with van der Waals surface area (Å²) in [5.74, 6) is -1.49. The van der Waals surface area contributed by atoms with E-state index < -0.39 is 11.9 Å². The molecule has 0 radical (unpaired) electrons. The molecule has 5 heteroatoms. The molecule has 0 aromatic heterocycles. The normalized spacial score (nSPS) is 44.0. The maximum absolute atomic E-state index is 12.2. The maximum Gasteiger partial charge on any atom is 0.336 e. The van der Waals surface area contributed by atoms with Crippen LogP contribution < -0.4 is 0 Å². The van der Waals surface area contributed by atoms with E-state index in [0.717, 1.165) is 18.4 Å². The maximum atomic E-state index is 12.2. The summed E-state index contributed by atoms with van der Waals surface area (Å²) in [7, 11) is 1.55. The van der Waals surface area contributed by atoms with Crippen LogP contribution in [-0.2, 0) is 23.8 Å². The van der Waals surface area contributed by atoms with Crippen LogP contribution >= 0.6 is 0 Å². The van der Waals surface area contributed by atoms with Gasteiger partial charge in [-0.25, -0.2) is 9.59 Å². The second kappa shape index (κ2) is 3.77. The second-order valence-electron chi connectivity index (χ2n) is 6.55. The zero-order valence-electron chi connectivity index (χ0n) is 12.4. The average Bonchev–Trinajstić information content (AvgIpc) is 2.85. The van der Waals surface area contributed by atoms with E-state index in [0.29, 0.717) is 17.6 Å². The third-order valence-corrected chi connectivity index (χ3v) is 5.77. The fourth-order valence-corrected chi connectivity index (χ4v) is 4.58. The first-order valence-electron chi connectivity index (χ1n) is 7.35. The highest BCUT2D eigenvalue weighted by atomic mass is 16.7. The number of carbonyl (C=O) groups is 2. The number of rotatable bonds is 1. The first-order valence-corrected chi connectivity index (χ1v) is 7.35. The van der Waals surface area contributed by atoms with Crippen molar-refractivity contribution in [2.45, 2.75) is 45.0 Å². The van der Waals surface area contributed by atoms with Crippen molar-refractivity contribution in [1.29, 1.82) is 0 Å². The van der Waals surface area contributed by atoms with Crippen molar-refractivity contribution >= 4 is 11.9 Å². The largest absolute Gasteiger partial charge is 0.453 e. The summed E-state index contributed by atoms with van der Waals surface area (Å²) in [6.07, 6.45) is 3.92. The topological polar surface area (TPSA) is 61.8 Å². The molecule has 0 aromatic carbocycles. The minimum atomic E-state index is -1.05. The number of hydrogen-bond acceptors (Lipinski definition) is 5. The van der Waals surface area contributed by atoms with Gasteiger partial charge in [0.1, 0.15) is 6.10 Å². The van der Waals surface area contributed by atoms with Crippen LogP contribution in [0.4, 0.5) is 0 Å². The molecule has 112 valence electrons. The first-order chi connectivity index (χ1) is 9.94. The van der Waals surface area contributed by atoms with Crippen molar-refractivity contribution in [3.05, 3.63) is 22.8 Å². The highest BCUT2D eigenvalue weighted by Crippen LogP contribution is 2.62. The van der Waals surface area contributed by atoms with Gasteiger partial charge in [-0.05, 0) is 25.7 Å². The van der Waals surface area contributed by atoms with E-state index in [-0.39, 0.29) is 23.3 Å². The van der Waals surface area contributed by atoms with Crippen LogP contribution in [0.25, 0.3) is 0 Å². The number of fused-ring (bicyclic) bond motifs is 2. The van der Waals surface area contributed by atoms with Crippen molar-refractivity contribution in [2.75, 3.05) is 7.11 Å². The molecule has 21 heavy (non-hydrogen) atoms. The van der Waals surface area contributed by atoms with Gasteiger partial charge in [0.05, 0.1) is 5.57 Å². The molecule has 4 rings (SSSR count). The van der Waals surface area contributed by atoms with Crippen LogP contribution in [0.15, 0.2) is 22.8 Å². The van der Waals surface area contributed by atoms with Crippen LogP contribution in [0.1, 0.15) is 33.1 Å². The molecule has 2 aliphatic heterocycles. The number of hydrogen-bond donors (Lipinski definition) is 0. The molecule has 0 aromatic rings. The van der Waals surface area contributed by atoms with Crippen molar-refractivity contribution in [3.63, 3.8) is 0 Å². The molecule has 0 spiro atoms. The smallest absolute Gasteiger partial charge is 0.336 e. The molecule has 2 fully saturated rings. The molecule has 2 aliphatic carbocycles. The Kier molecular flexibility index (Phi) is 2.35. The fourth-order valence-electron chi connectivity index (χ4n) is 4.58. The van der Waals surface area contributed by atoms with E-state index in [1.54, 1.807) is 14.0 Å². The van der Waals surface area contributed by atoms with Crippen molar-refractivity contribution < 1.29 is 23.8 Å². The second-order valence-corrected chi connectivity index (χ2v) is 6.55. The molecule has 0 amide bonds. The van der Waals surface area contributed by atoms with E-state index in [9.17, 15) is 9.59 Å². The minimum Gasteiger partial charge on any atom is -0.453 e. The third kappa shape index (κ3) is 1.31. The van der Waals surface area contributed by atoms with Crippen LogP contribution in [-0.4, -0.2) is 30.9 Å². The van der Waals surface area contributed by atoms with Crippen LogP contribution in [0.2, 0.25) is 0 Å². The number of allylic oxidation sites excluding steroid dienone is 1. The summed E-state index contributed by atoms with van der Waals surface area (Å²) in [6.45, 7) is 3.79. The molecule has 1 saturated carbocycles. The van der Waals surface area contributed by atoms with Gasteiger partial charge in [-0.1, -0.05) is 13.0 Å². The first kappa shape index (κ1) is 13.1. The lowest BCUT2D eigenvalue weighted by Crippen LogP contribution is -2.54. The van der Waals surface area contributed by atoms with Crippen molar-refractivity contribution in [1.82, 2.24) is 0 Å². The van der Waals surface area contributed by atoms with Gasteiger partial charge in [-0.2, -0.15) is 0 Å². The number of methoxy groups -OCH3 is 1. The predicted molar refractivity (Wildman–Crippen MR) is 71.9 cm³/mol. The Labute approximate surface area is 122 Å². The number of esters is 2. The summed E-state index contributed by atoms with van der Waals surface area (Å²) >= 11 is 0. The van der Waals surface area contributed by atoms with E-state index >= 15 is 0 Å². The van der Waals surface area contributed by atoms with E-state index in [4.69, 9.17) is 14.2 Å². The lowest BCUT2D eigenvalue weighted by molar-refractivity contribution is -0.218. The summed E-state index contributed by atoms with van der Waals surface area (Å²) in [4.78, 5) is 24.3. The Balaban J connectivity index is 1.95. The number of ether oxygens (including phenoxy) is 3. The van der Waals surface area contributed by atoms with Gasteiger partial charge in [-0.15, -0.1) is 0 Å². The summed E-state index contributed by atoms with van der Waals surface area (Å²) < 4.78 is 16.8. The standard InChI is InChI=1S/C16H18O5/c1-8-11-12-15(2)9(5-4-6-10(15)14(18)20-12)7-16(11,19-3)21-13(8)17/h6,9,12H,4-5,7H2,1-3H3/t9-,12+,15+,16+/m0/s1. The van der Waals surface area contributed by atoms with Gasteiger partial charge in [0.25, 0.3) is 0 Å². The summed E-state index contributed by atoms with van der Waals surface area (Å²) in [5, 5.41) is 0. The Bertz CT molecular complexity index is 631. The molecule has 0 unspecified atom stereocenters. The van der Waals surface area contributed by atoms with E-state index in [2.05, 4.69) is 6.92 Å². The molecule has 4 atom stereocenters. The Morgan fingerprint density at radius 3 is 2.81 bits per heavy atom. The molecule has 1 saturated heterocycles. The molecule has 2 heterocycles. The van der Waals surface area contributed by atoms with Gasteiger partial charge in [-0.3, -0.25) is 0 Å². The molecule has 0 N–H and O–H groups in total. The van der Waals surface area contributed by atoms with Crippen molar-refractivity contribution in [2.24, 2.45) is 11.3 Å². The molecular weight excluding hydrogens is 272 g/mol. The number of carbonyl (C=O) groups excluding carboxylic acids is 2. The Morgan fingerprint density at radius 2 is 2.10 bits per heavy atom. The SMILES string of the molecule is CO[C@@]12C[C@@H]3CCC=C4C(=O)O[C@H](C1=C(C)C(=O)O2)[C@@]43C. The highest BCUT2D eigenvalue weighted by Gasteiger charge is 2.68. The molecule has 4 aliphatic rings. The Hall–Kier alpha value is -1.62. The van der Waals surface area contributed by atoms with Gasteiger partial charge in [0.15, 0.2) is 0 Å². The molecule has 5 nitrogen and oxygen atoms in total. The monoisotopic (exact) mass is 290 g/mol. The third-order valence-electron chi connectivity index (χ3n) is 5.77. The van der Waals surface area contributed by atoms with E-state index in [1.807, 2.05) is 6.08 Å². The molecular formula is C16H18O5. The van der Waals surface area contributed by atoms with E-state index in [1.165, 1.54) is 0 Å². The highest BCUT2D eigenvalue weighted by molar-refractivity contribution is 5.96. The fraction of sp³-hybridized carbons (Fsp3) is 0.625. The minimum absolute atomic E-state index is 0.205. The van der Waals surface area contributed by atoms with Gasteiger partial charge >= 0.3 is 11.9 Å². The zero-order chi connectivity index (χ0) is 15.0. The molecule has 0 bridgehead atoms. The van der Waals surface area contributed by atoms with Crippen LogP contribution in [0, 0.1) is 11.3 Å². The van der Waals surface area contributed by atoms with Crippen LogP contribution in [0.3, 0.4) is 0 Å². The van der Waals surface area contributed by atoms with Crippen molar-refractivity contribution in [3.8, 4) is 0 Å². The summed E-state index contributed by atoms with van der Waals surface area (Å²) in [5.41, 5.74) is 1.60. The van der Waals surface area contributed by atoms with Gasteiger partial charge in [0, 0.05) is 30.1 Å². The van der Waals surface area contributed by atoms with Crippen LogP contribution in [0.5, 0.6) is 0 Å². The predicted octanol–water partition coefficient (Wildman–Crippen LogP) is 1.87. The summed E-state index contributed by atoms with van der Waals surface area (Å²) in [6, 6.07) is 0. The van der Waals surface area contributed by atoms with Gasteiger partial charge in [0.2, 0.25) is 5.79 Å². The zero-order valence-corrected chi connectivity index (χ0v) is 12.4. The lowest BCUT2D eigenvalue weighted by atomic mass is 9.56. The average molecular weight is 290 g/mol. The lowest BCUT2D eigenvalue weighted by Gasteiger charge is -2.49.